The minimum Gasteiger partial charge on any atom is -0.394 e. The molecule has 0 spiro atoms. The van der Waals surface area contributed by atoms with E-state index in [4.69, 9.17) is 5.73 Å². The van der Waals surface area contributed by atoms with Gasteiger partial charge in [0.25, 0.3) is 5.56 Å². The Hall–Kier alpha value is -3.99. The molecule has 11 heteroatoms. The van der Waals surface area contributed by atoms with Crippen LogP contribution in [-0.4, -0.2) is 33.8 Å². The molecule has 166 valence electrons. The number of aromatic amines is 2. The molecule has 33 heavy (non-hydrogen) atoms. The molecule has 3 heterocycles. The number of nitrogens with one attached hydrogen (secondary N) is 3. The second-order valence-electron chi connectivity index (χ2n) is 8.09. The van der Waals surface area contributed by atoms with Gasteiger partial charge in [-0.25, -0.2) is 12.8 Å². The lowest BCUT2D eigenvalue weighted by atomic mass is 9.95. The Balaban J connectivity index is 1.74. The molecule has 3 aromatic heterocycles. The van der Waals surface area contributed by atoms with Crippen molar-refractivity contribution in [2.75, 3.05) is 10.5 Å². The van der Waals surface area contributed by atoms with E-state index in [1.165, 1.54) is 18.3 Å². The standard InChI is InChI=1S/C22H17FN6O3S/c23-15-6-5-11(14-9-26-28-20(14)15)17-13-8-16(29-33(31,32)10-3-4-10)21-12(2-1-7-25-21)19(13)27-22(30)18(17)24/h1-2,5-10,29H,3-4,24H2,(H,26,28)(H,27,30). The Morgan fingerprint density at radius 3 is 2.73 bits per heavy atom. The molecule has 0 radical (unpaired) electrons. The van der Waals surface area contributed by atoms with Crippen LogP contribution in [0.5, 0.6) is 0 Å². The lowest BCUT2D eigenvalue weighted by molar-refractivity contribution is 0.600. The summed E-state index contributed by atoms with van der Waals surface area (Å²) in [6, 6.07) is 7.84. The highest BCUT2D eigenvalue weighted by atomic mass is 32.2. The second-order valence-corrected chi connectivity index (χ2v) is 10.0. The molecule has 1 aliphatic rings. The van der Waals surface area contributed by atoms with Crippen molar-refractivity contribution in [2.45, 2.75) is 18.1 Å². The van der Waals surface area contributed by atoms with Crippen molar-refractivity contribution < 1.29 is 12.8 Å². The number of nitrogens with zero attached hydrogens (tertiary/aromatic N) is 2. The Kier molecular flexibility index (Phi) is 4.03. The summed E-state index contributed by atoms with van der Waals surface area (Å²) in [4.78, 5) is 20.0. The molecule has 1 fully saturated rings. The van der Waals surface area contributed by atoms with Crippen LogP contribution in [0.1, 0.15) is 12.8 Å². The third-order valence-electron chi connectivity index (χ3n) is 5.96. The van der Waals surface area contributed by atoms with Gasteiger partial charge >= 0.3 is 0 Å². The zero-order valence-corrected chi connectivity index (χ0v) is 17.8. The van der Waals surface area contributed by atoms with Gasteiger partial charge in [-0.3, -0.25) is 19.6 Å². The molecule has 1 saturated carbocycles. The van der Waals surface area contributed by atoms with Crippen molar-refractivity contribution in [1.82, 2.24) is 20.2 Å². The van der Waals surface area contributed by atoms with Gasteiger partial charge in [0.15, 0.2) is 0 Å². The van der Waals surface area contributed by atoms with E-state index >= 15 is 0 Å². The second kappa shape index (κ2) is 6.75. The zero-order chi connectivity index (χ0) is 22.9. The minimum absolute atomic E-state index is 0.0733. The first-order chi connectivity index (χ1) is 15.8. The molecule has 1 aliphatic carbocycles. The number of pyridine rings is 2. The van der Waals surface area contributed by atoms with Gasteiger partial charge in [-0.15, -0.1) is 0 Å². The fourth-order valence-electron chi connectivity index (χ4n) is 4.23. The number of sulfonamides is 1. The Morgan fingerprint density at radius 2 is 1.94 bits per heavy atom. The first-order valence-corrected chi connectivity index (χ1v) is 11.8. The van der Waals surface area contributed by atoms with Crippen LogP contribution in [0.3, 0.4) is 0 Å². The van der Waals surface area contributed by atoms with E-state index in [0.29, 0.717) is 51.2 Å². The van der Waals surface area contributed by atoms with Crippen molar-refractivity contribution in [3.05, 3.63) is 58.9 Å². The van der Waals surface area contributed by atoms with E-state index in [1.54, 1.807) is 24.4 Å². The first-order valence-electron chi connectivity index (χ1n) is 10.2. The lowest BCUT2D eigenvalue weighted by Crippen LogP contribution is -2.18. The van der Waals surface area contributed by atoms with Gasteiger partial charge in [0.2, 0.25) is 10.0 Å². The molecular formula is C22H17FN6O3S. The number of rotatable bonds is 4. The van der Waals surface area contributed by atoms with Crippen LogP contribution in [0.15, 0.2) is 47.5 Å². The number of hydrogen-bond acceptors (Lipinski definition) is 6. The molecule has 6 rings (SSSR count). The van der Waals surface area contributed by atoms with E-state index < -0.39 is 26.6 Å². The monoisotopic (exact) mass is 464 g/mol. The summed E-state index contributed by atoms with van der Waals surface area (Å²) < 4.78 is 42.4. The predicted molar refractivity (Wildman–Crippen MR) is 125 cm³/mol. The van der Waals surface area contributed by atoms with E-state index in [2.05, 4.69) is 24.9 Å². The van der Waals surface area contributed by atoms with Crippen LogP contribution in [0.4, 0.5) is 15.8 Å². The van der Waals surface area contributed by atoms with Gasteiger partial charge in [0.1, 0.15) is 17.0 Å². The topological polar surface area (TPSA) is 147 Å². The lowest BCUT2D eigenvalue weighted by Gasteiger charge is -2.16. The van der Waals surface area contributed by atoms with Crippen molar-refractivity contribution in [3.8, 4) is 11.1 Å². The quantitative estimate of drug-likeness (QED) is 0.300. The summed E-state index contributed by atoms with van der Waals surface area (Å²) in [5.74, 6) is -0.494. The highest BCUT2D eigenvalue weighted by Crippen LogP contribution is 2.40. The number of anilines is 2. The van der Waals surface area contributed by atoms with Crippen LogP contribution in [0.25, 0.3) is 43.8 Å². The number of halogens is 1. The van der Waals surface area contributed by atoms with Crippen LogP contribution in [0, 0.1) is 5.82 Å². The van der Waals surface area contributed by atoms with Crippen LogP contribution in [-0.2, 0) is 10.0 Å². The SMILES string of the molecule is Nc1c(-c2ccc(F)c3[nH]ncc23)c2cc(NS(=O)(=O)C3CC3)c3ncccc3c2[nH]c1=O. The van der Waals surface area contributed by atoms with Crippen molar-refractivity contribution in [3.63, 3.8) is 0 Å². The van der Waals surface area contributed by atoms with Crippen LogP contribution < -0.4 is 16.0 Å². The van der Waals surface area contributed by atoms with Crippen LogP contribution in [0.2, 0.25) is 0 Å². The summed E-state index contributed by atoms with van der Waals surface area (Å²) in [6.07, 6.45) is 4.22. The molecule has 0 aliphatic heterocycles. The predicted octanol–water partition coefficient (Wildman–Crippen LogP) is 3.25. The smallest absolute Gasteiger partial charge is 0.272 e. The molecule has 5 N–H and O–H groups in total. The van der Waals surface area contributed by atoms with E-state index in [9.17, 15) is 17.6 Å². The molecule has 0 saturated heterocycles. The van der Waals surface area contributed by atoms with Crippen molar-refractivity contribution >= 4 is 54.1 Å². The molecule has 9 nitrogen and oxygen atoms in total. The number of hydrogen-bond donors (Lipinski definition) is 4. The summed E-state index contributed by atoms with van der Waals surface area (Å²) in [7, 11) is -3.59. The normalized spacial score (nSPS) is 14.3. The van der Waals surface area contributed by atoms with E-state index in [1.807, 2.05) is 0 Å². The number of fused-ring (bicyclic) bond motifs is 4. The molecule has 0 unspecified atom stereocenters. The van der Waals surface area contributed by atoms with Gasteiger partial charge in [0.05, 0.1) is 28.2 Å². The zero-order valence-electron chi connectivity index (χ0n) is 17.0. The maximum atomic E-state index is 14.3. The number of aromatic nitrogens is 4. The van der Waals surface area contributed by atoms with Gasteiger partial charge < -0.3 is 10.7 Å². The Labute approximate surface area is 185 Å². The maximum Gasteiger partial charge on any atom is 0.272 e. The third-order valence-corrected chi connectivity index (χ3v) is 7.81. The highest BCUT2D eigenvalue weighted by Gasteiger charge is 2.36. The van der Waals surface area contributed by atoms with Gasteiger partial charge in [0, 0.05) is 27.9 Å². The summed E-state index contributed by atoms with van der Waals surface area (Å²) in [6.45, 7) is 0. The molecule has 2 aromatic carbocycles. The highest BCUT2D eigenvalue weighted by molar-refractivity contribution is 7.93. The van der Waals surface area contributed by atoms with Crippen LogP contribution >= 0.6 is 0 Å². The number of nitrogen functional groups attached to an aromatic ring is 1. The molecular weight excluding hydrogens is 447 g/mol. The average Bonchev–Trinajstić information content (AvgIpc) is 3.55. The minimum atomic E-state index is -3.59. The molecule has 0 bridgehead atoms. The number of nitrogens with two attached hydrogens (primary N) is 1. The van der Waals surface area contributed by atoms with Gasteiger partial charge in [-0.05, 0) is 42.7 Å². The average molecular weight is 464 g/mol. The van der Waals surface area contributed by atoms with Gasteiger partial charge in [-0.2, -0.15) is 5.10 Å². The van der Waals surface area contributed by atoms with Crippen molar-refractivity contribution in [2.24, 2.45) is 0 Å². The molecule has 5 aromatic rings. The largest absolute Gasteiger partial charge is 0.394 e. The van der Waals surface area contributed by atoms with E-state index in [0.717, 1.165) is 0 Å². The summed E-state index contributed by atoms with van der Waals surface area (Å²) in [5.41, 5.74) is 7.80. The Bertz CT molecular complexity index is 1770. The van der Waals surface area contributed by atoms with Crippen molar-refractivity contribution in [1.29, 1.82) is 0 Å². The molecule has 0 atom stereocenters. The number of H-pyrrole nitrogens is 2. The maximum absolute atomic E-state index is 14.3. The molecule has 0 amide bonds. The summed E-state index contributed by atoms with van der Waals surface area (Å²) in [5, 5.41) is 7.60. The number of benzene rings is 2. The Morgan fingerprint density at radius 1 is 1.12 bits per heavy atom. The summed E-state index contributed by atoms with van der Waals surface area (Å²) >= 11 is 0. The van der Waals surface area contributed by atoms with E-state index in [-0.39, 0.29) is 16.9 Å². The third kappa shape index (κ3) is 2.96. The fourth-order valence-corrected chi connectivity index (χ4v) is 5.61. The fraction of sp³-hybridized carbons (Fsp3) is 0.136. The first kappa shape index (κ1) is 19.7. The van der Waals surface area contributed by atoms with Gasteiger partial charge in [-0.1, -0.05) is 6.07 Å².